The van der Waals surface area contributed by atoms with Gasteiger partial charge >= 0.3 is 13.8 Å². The maximum absolute atomic E-state index is 13.1. The molecule has 0 aliphatic heterocycles. The fourth-order valence-electron chi connectivity index (χ4n) is 4.72. The molecule has 4 N–H and O–H groups in total. The summed E-state index contributed by atoms with van der Waals surface area (Å²) in [5.74, 6) is 0.269. The number of nitrogens with two attached hydrogens (primary N) is 1. The Morgan fingerprint density at radius 2 is 2.07 bits per heavy atom. The van der Waals surface area contributed by atoms with Gasteiger partial charge in [-0.05, 0) is 49.8 Å². The van der Waals surface area contributed by atoms with Crippen LogP contribution in [0.5, 0.6) is 0 Å². The van der Waals surface area contributed by atoms with Crippen molar-refractivity contribution in [2.75, 3.05) is 41.8 Å². The summed E-state index contributed by atoms with van der Waals surface area (Å²) < 4.78 is 25.0. The summed E-state index contributed by atoms with van der Waals surface area (Å²) in [6.07, 6.45) is 10.5. The average molecular weight is 604 g/mol. The molecule has 2 aliphatic carbocycles. The number of hydroxylamine groups is 1. The monoisotopic (exact) mass is 603 g/mol. The van der Waals surface area contributed by atoms with Crippen molar-refractivity contribution in [3.05, 3.63) is 48.8 Å². The molecule has 13 nitrogen and oxygen atoms in total. The van der Waals surface area contributed by atoms with E-state index in [9.17, 15) is 14.3 Å². The van der Waals surface area contributed by atoms with Crippen molar-refractivity contribution in [2.45, 2.75) is 43.8 Å². The molecular weight excluding hydrogens is 569 g/mol. The van der Waals surface area contributed by atoms with Crippen molar-refractivity contribution in [1.82, 2.24) is 19.5 Å². The number of nitrogen functional groups attached to an aromatic ring is 1. The van der Waals surface area contributed by atoms with Crippen LogP contribution >= 0.6 is 19.6 Å². The molecule has 220 valence electrons. The van der Waals surface area contributed by atoms with Gasteiger partial charge in [-0.1, -0.05) is 30.4 Å². The summed E-state index contributed by atoms with van der Waals surface area (Å²) in [4.78, 5) is 42.2. The highest BCUT2D eigenvalue weighted by atomic mass is 32.2. The van der Waals surface area contributed by atoms with Gasteiger partial charge in [0.15, 0.2) is 23.0 Å². The minimum absolute atomic E-state index is 0.116. The number of aromatic nitrogens is 4. The third-order valence-electron chi connectivity index (χ3n) is 6.88. The predicted molar refractivity (Wildman–Crippen MR) is 157 cm³/mol. The van der Waals surface area contributed by atoms with E-state index in [1.54, 1.807) is 30.6 Å². The SMILES string of the molecule is CON(c1ccccc1)[C@@H](CCSC)C(=O)OP(=O)(O)OC[C@@H]1C=C[C@H](n2cnc3c(NC4CC4)nc(N)nc32)C1. The van der Waals surface area contributed by atoms with Gasteiger partial charge in [0.2, 0.25) is 5.95 Å². The molecule has 0 spiro atoms. The van der Waals surface area contributed by atoms with Gasteiger partial charge < -0.3 is 20.1 Å². The van der Waals surface area contributed by atoms with Gasteiger partial charge in [0.05, 0.1) is 31.8 Å². The van der Waals surface area contributed by atoms with Gasteiger partial charge in [0.25, 0.3) is 0 Å². The van der Waals surface area contributed by atoms with Gasteiger partial charge in [0.1, 0.15) is 0 Å². The van der Waals surface area contributed by atoms with Crippen molar-refractivity contribution in [1.29, 1.82) is 0 Å². The molecule has 0 amide bonds. The Labute approximate surface area is 242 Å². The number of nitrogens with zero attached hydrogens (tertiary/aromatic N) is 5. The number of imidazole rings is 1. The van der Waals surface area contributed by atoms with E-state index < -0.39 is 19.8 Å². The summed E-state index contributed by atoms with van der Waals surface area (Å²) in [6, 6.07) is 8.31. The molecule has 1 aromatic carbocycles. The summed E-state index contributed by atoms with van der Waals surface area (Å²) in [7, 11) is -3.28. The number of nitrogens with one attached hydrogen (secondary N) is 1. The third-order valence-corrected chi connectivity index (χ3v) is 8.41. The minimum atomic E-state index is -4.71. The normalized spacial score (nSPS) is 20.6. The molecule has 2 heterocycles. The van der Waals surface area contributed by atoms with E-state index in [-0.39, 0.29) is 24.5 Å². The van der Waals surface area contributed by atoms with Crippen molar-refractivity contribution >= 4 is 54.2 Å². The van der Waals surface area contributed by atoms with E-state index >= 15 is 0 Å². The molecule has 0 radical (unpaired) electrons. The molecule has 5 rings (SSSR count). The Morgan fingerprint density at radius 3 is 2.78 bits per heavy atom. The second-order valence-corrected chi connectivity index (χ2v) is 12.3. The molecule has 0 saturated heterocycles. The number of fused-ring (bicyclic) bond motifs is 1. The Kier molecular flexibility index (Phi) is 9.15. The molecule has 2 aliphatic rings. The number of phosphoric ester groups is 1. The molecular formula is C26H34N7O6PS. The smallest absolute Gasteiger partial charge is 0.369 e. The molecule has 1 saturated carbocycles. The Morgan fingerprint density at radius 1 is 1.29 bits per heavy atom. The first-order valence-electron chi connectivity index (χ1n) is 13.3. The topological polar surface area (TPSA) is 167 Å². The second-order valence-electron chi connectivity index (χ2n) is 9.94. The molecule has 2 aromatic heterocycles. The number of phosphoric acid groups is 1. The van der Waals surface area contributed by atoms with Gasteiger partial charge in [-0.3, -0.25) is 14.3 Å². The van der Waals surface area contributed by atoms with E-state index in [0.717, 1.165) is 12.8 Å². The quantitative estimate of drug-likeness (QED) is 0.138. The van der Waals surface area contributed by atoms with Crippen molar-refractivity contribution in [2.24, 2.45) is 5.92 Å². The van der Waals surface area contributed by atoms with Crippen LogP contribution < -0.4 is 16.1 Å². The fourth-order valence-corrected chi connectivity index (χ4v) is 5.96. The Hall–Kier alpha value is -3.16. The highest BCUT2D eigenvalue weighted by molar-refractivity contribution is 7.98. The van der Waals surface area contributed by atoms with E-state index in [1.165, 1.54) is 23.9 Å². The van der Waals surface area contributed by atoms with Gasteiger partial charge in [-0.15, -0.1) is 0 Å². The average Bonchev–Trinajstić information content (AvgIpc) is 3.46. The first-order chi connectivity index (χ1) is 19.8. The van der Waals surface area contributed by atoms with Gasteiger partial charge in [0, 0.05) is 12.0 Å². The van der Waals surface area contributed by atoms with Gasteiger partial charge in [-0.2, -0.15) is 21.7 Å². The number of hydrogen-bond donors (Lipinski definition) is 3. The number of thioether (sulfide) groups is 1. The number of para-hydroxylation sites is 1. The van der Waals surface area contributed by atoms with E-state index in [1.807, 2.05) is 29.0 Å². The molecule has 15 heteroatoms. The van der Waals surface area contributed by atoms with Crippen molar-refractivity contribution in [3.8, 4) is 0 Å². The lowest BCUT2D eigenvalue weighted by Gasteiger charge is -2.30. The maximum atomic E-state index is 13.1. The van der Waals surface area contributed by atoms with Crippen LogP contribution in [0.15, 0.2) is 48.8 Å². The number of rotatable bonds is 14. The van der Waals surface area contributed by atoms with E-state index in [4.69, 9.17) is 19.6 Å². The Balaban J connectivity index is 1.20. The number of carbonyl (C=O) groups excluding carboxylic acids is 1. The first kappa shape index (κ1) is 29.3. The van der Waals surface area contributed by atoms with Crippen LogP contribution in [0.4, 0.5) is 17.5 Å². The number of anilines is 3. The number of hydrogen-bond acceptors (Lipinski definition) is 12. The van der Waals surface area contributed by atoms with E-state index in [0.29, 0.717) is 47.3 Å². The lowest BCUT2D eigenvalue weighted by molar-refractivity contribution is -0.139. The molecule has 0 bridgehead atoms. The highest BCUT2D eigenvalue weighted by Gasteiger charge is 2.36. The van der Waals surface area contributed by atoms with Crippen LogP contribution in [0.3, 0.4) is 0 Å². The van der Waals surface area contributed by atoms with Crippen molar-refractivity contribution in [3.63, 3.8) is 0 Å². The summed E-state index contributed by atoms with van der Waals surface area (Å²) in [5, 5.41) is 4.72. The van der Waals surface area contributed by atoms with Crippen LogP contribution in [0, 0.1) is 5.92 Å². The number of carbonyl (C=O) groups is 1. The van der Waals surface area contributed by atoms with Crippen LogP contribution in [-0.2, 0) is 23.2 Å². The third kappa shape index (κ3) is 7.19. The van der Waals surface area contributed by atoms with Crippen LogP contribution in [0.2, 0.25) is 0 Å². The van der Waals surface area contributed by atoms with Crippen LogP contribution in [0.1, 0.15) is 31.7 Å². The fraction of sp³-hybridized carbons (Fsp3) is 0.462. The standard InChI is InChI=1S/C26H34N7O6PS/c1-37-33(19-6-4-3-5-7-19)21(12-13-41-2)25(34)39-40(35,36)38-15-17-8-11-20(14-17)32-16-28-22-23(29-18-9-10-18)30-26(27)31-24(22)32/h3-8,11,16-18,20-21H,9-10,12-15H2,1-2H3,(H,35,36)(H3,27,29,30,31)/t17-,20+,21+/m1/s1. The second kappa shape index (κ2) is 12.8. The largest absolute Gasteiger partial charge is 0.529 e. The highest BCUT2D eigenvalue weighted by Crippen LogP contribution is 2.46. The molecule has 4 atom stereocenters. The molecule has 1 fully saturated rings. The maximum Gasteiger partial charge on any atom is 0.529 e. The lowest BCUT2D eigenvalue weighted by Crippen LogP contribution is -2.42. The number of benzene rings is 1. The zero-order valence-corrected chi connectivity index (χ0v) is 24.5. The molecule has 3 aromatic rings. The number of allylic oxidation sites excluding steroid dienone is 1. The van der Waals surface area contributed by atoms with E-state index in [2.05, 4.69) is 20.3 Å². The zero-order valence-electron chi connectivity index (χ0n) is 22.8. The van der Waals surface area contributed by atoms with Crippen LogP contribution in [-0.4, -0.2) is 68.2 Å². The van der Waals surface area contributed by atoms with Gasteiger partial charge in [-0.25, -0.2) is 19.4 Å². The van der Waals surface area contributed by atoms with Crippen molar-refractivity contribution < 1.29 is 28.1 Å². The Bertz CT molecular complexity index is 1440. The predicted octanol–water partition coefficient (Wildman–Crippen LogP) is 3.95. The van der Waals surface area contributed by atoms with Crippen LogP contribution in [0.25, 0.3) is 11.2 Å². The molecule has 41 heavy (non-hydrogen) atoms. The molecule has 1 unspecified atom stereocenters. The lowest BCUT2D eigenvalue weighted by atomic mass is 10.1. The zero-order chi connectivity index (χ0) is 29.0. The summed E-state index contributed by atoms with van der Waals surface area (Å²) in [5.41, 5.74) is 7.83. The summed E-state index contributed by atoms with van der Waals surface area (Å²) in [6.45, 7) is -0.117. The first-order valence-corrected chi connectivity index (χ1v) is 16.2. The minimum Gasteiger partial charge on any atom is -0.369 e. The summed E-state index contributed by atoms with van der Waals surface area (Å²) >= 11 is 1.54.